The Morgan fingerprint density at radius 3 is 2.90 bits per heavy atom. The number of anilines is 1. The molecule has 4 nitrogen and oxygen atoms in total. The molecule has 2 aromatic rings. The normalized spacial score (nSPS) is 16.7. The number of aryl methyl sites for hydroxylation is 1. The fourth-order valence-electron chi connectivity index (χ4n) is 3.54. The molecule has 4 rings (SSSR count). The second-order valence-electron chi connectivity index (χ2n) is 7.55. The van der Waals surface area contributed by atoms with E-state index in [4.69, 9.17) is 16.3 Å². The van der Waals surface area contributed by atoms with E-state index in [2.05, 4.69) is 28.4 Å². The van der Waals surface area contributed by atoms with Crippen LogP contribution in [-0.2, 0) is 11.3 Å². The van der Waals surface area contributed by atoms with Crippen LogP contribution in [-0.4, -0.2) is 42.0 Å². The van der Waals surface area contributed by atoms with E-state index in [1.54, 1.807) is 12.2 Å². The second-order valence-corrected chi connectivity index (χ2v) is 9.21. The van der Waals surface area contributed by atoms with Gasteiger partial charge in [0, 0.05) is 53.5 Å². The number of nitrogens with zero attached hydrogens (tertiary/aromatic N) is 1. The second kappa shape index (κ2) is 9.73. The number of fused-ring (bicyclic) bond motifs is 1. The van der Waals surface area contributed by atoms with Crippen molar-refractivity contribution in [2.75, 3.05) is 36.5 Å². The molecule has 156 valence electrons. The molecular weight excluding hydrogens is 416 g/mol. The molecule has 2 aliphatic rings. The van der Waals surface area contributed by atoms with Crippen LogP contribution >= 0.6 is 23.4 Å². The predicted octanol–water partition coefficient (Wildman–Crippen LogP) is 5.17. The van der Waals surface area contributed by atoms with Crippen molar-refractivity contribution in [3.8, 4) is 5.75 Å². The van der Waals surface area contributed by atoms with Gasteiger partial charge < -0.3 is 10.1 Å². The van der Waals surface area contributed by atoms with Crippen molar-refractivity contribution in [3.63, 3.8) is 0 Å². The summed E-state index contributed by atoms with van der Waals surface area (Å²) < 4.78 is 5.73. The number of hydrogen-bond acceptors (Lipinski definition) is 4. The van der Waals surface area contributed by atoms with Gasteiger partial charge in [-0.3, -0.25) is 9.69 Å². The van der Waals surface area contributed by atoms with Gasteiger partial charge >= 0.3 is 0 Å². The van der Waals surface area contributed by atoms with Gasteiger partial charge in [0.15, 0.2) is 0 Å². The molecule has 0 spiro atoms. The molecule has 2 heterocycles. The average molecular weight is 441 g/mol. The van der Waals surface area contributed by atoms with E-state index in [1.165, 1.54) is 17.1 Å². The molecule has 0 atom stereocenters. The summed E-state index contributed by atoms with van der Waals surface area (Å²) in [5, 5.41) is 3.68. The maximum Gasteiger partial charge on any atom is 0.248 e. The van der Waals surface area contributed by atoms with Gasteiger partial charge in [0.2, 0.25) is 5.91 Å². The molecule has 0 bridgehead atoms. The van der Waals surface area contributed by atoms with Crippen molar-refractivity contribution in [1.82, 2.24) is 4.90 Å². The van der Waals surface area contributed by atoms with Crippen LogP contribution in [0.15, 0.2) is 54.1 Å². The first-order valence-electron chi connectivity index (χ1n) is 10.1. The molecule has 0 unspecified atom stereocenters. The number of benzene rings is 2. The number of carbonyl (C=O) groups excluding carboxylic acids is 1. The lowest BCUT2D eigenvalue weighted by Crippen LogP contribution is -2.31. The smallest absolute Gasteiger partial charge is 0.248 e. The van der Waals surface area contributed by atoms with Crippen molar-refractivity contribution in [3.05, 3.63) is 75.8 Å². The number of rotatable bonds is 5. The van der Waals surface area contributed by atoms with E-state index in [0.717, 1.165) is 47.8 Å². The standard InChI is InChI=1S/C24H25ClN2O2S/c1-17-2-3-18(15-27-8-10-30-11-9-27)13-22(17)26-24(28)7-4-19-12-20-14-21(25)5-6-23(20)29-16-19/h2-7,12-14H,8-11,15-16H2,1H3,(H,26,28)/b7-4+. The van der Waals surface area contributed by atoms with Crippen LogP contribution in [0.25, 0.3) is 6.08 Å². The maximum atomic E-state index is 12.5. The number of amides is 1. The Hall–Kier alpha value is -2.21. The first-order valence-corrected chi connectivity index (χ1v) is 11.6. The van der Waals surface area contributed by atoms with E-state index in [0.29, 0.717) is 11.6 Å². The summed E-state index contributed by atoms with van der Waals surface area (Å²) in [6.45, 7) is 5.61. The van der Waals surface area contributed by atoms with Crippen LogP contribution in [0.4, 0.5) is 5.69 Å². The highest BCUT2D eigenvalue weighted by atomic mass is 35.5. The highest BCUT2D eigenvalue weighted by Crippen LogP contribution is 2.29. The number of halogens is 1. The lowest BCUT2D eigenvalue weighted by molar-refractivity contribution is -0.111. The first kappa shape index (κ1) is 21.0. The Morgan fingerprint density at radius 2 is 2.07 bits per heavy atom. The quantitative estimate of drug-likeness (QED) is 0.651. The van der Waals surface area contributed by atoms with Crippen molar-refractivity contribution in [2.45, 2.75) is 13.5 Å². The van der Waals surface area contributed by atoms with Gasteiger partial charge in [0.05, 0.1) is 0 Å². The van der Waals surface area contributed by atoms with Crippen molar-refractivity contribution in [1.29, 1.82) is 0 Å². The van der Waals surface area contributed by atoms with Crippen LogP contribution in [0.1, 0.15) is 16.7 Å². The summed E-state index contributed by atoms with van der Waals surface area (Å²) in [7, 11) is 0. The Balaban J connectivity index is 1.40. The first-order chi connectivity index (χ1) is 14.6. The third-order valence-corrected chi connectivity index (χ3v) is 6.40. The molecule has 0 saturated carbocycles. The molecular formula is C24H25ClN2O2S. The average Bonchev–Trinajstić information content (AvgIpc) is 2.75. The summed E-state index contributed by atoms with van der Waals surface area (Å²) in [5.41, 5.74) is 4.99. The molecule has 0 aliphatic carbocycles. The minimum Gasteiger partial charge on any atom is -0.488 e. The van der Waals surface area contributed by atoms with Crippen molar-refractivity contribution < 1.29 is 9.53 Å². The largest absolute Gasteiger partial charge is 0.488 e. The summed E-state index contributed by atoms with van der Waals surface area (Å²) in [6, 6.07) is 11.8. The van der Waals surface area contributed by atoms with Crippen LogP contribution in [0.5, 0.6) is 5.75 Å². The lowest BCUT2D eigenvalue weighted by Gasteiger charge is -2.26. The third kappa shape index (κ3) is 5.48. The molecule has 0 aromatic heterocycles. The highest BCUT2D eigenvalue weighted by Gasteiger charge is 2.13. The molecule has 0 radical (unpaired) electrons. The maximum absolute atomic E-state index is 12.5. The Labute approximate surface area is 186 Å². The number of hydrogen-bond donors (Lipinski definition) is 1. The van der Waals surface area contributed by atoms with E-state index < -0.39 is 0 Å². The molecule has 2 aliphatic heterocycles. The van der Waals surface area contributed by atoms with Crippen LogP contribution < -0.4 is 10.1 Å². The number of carbonyl (C=O) groups is 1. The molecule has 1 amide bonds. The van der Waals surface area contributed by atoms with Gasteiger partial charge in [-0.2, -0.15) is 11.8 Å². The SMILES string of the molecule is Cc1ccc(CN2CCSCC2)cc1NC(=O)/C=C/C1=Cc2cc(Cl)ccc2OC1. The van der Waals surface area contributed by atoms with Gasteiger partial charge in [-0.15, -0.1) is 0 Å². The lowest BCUT2D eigenvalue weighted by atomic mass is 10.1. The summed E-state index contributed by atoms with van der Waals surface area (Å²) >= 11 is 8.07. The minimum absolute atomic E-state index is 0.151. The molecule has 1 fully saturated rings. The van der Waals surface area contributed by atoms with Crippen molar-refractivity contribution in [2.24, 2.45) is 0 Å². The molecule has 30 heavy (non-hydrogen) atoms. The molecule has 6 heteroatoms. The van der Waals surface area contributed by atoms with Crippen LogP contribution in [0, 0.1) is 6.92 Å². The zero-order valence-electron chi connectivity index (χ0n) is 17.0. The van der Waals surface area contributed by atoms with E-state index >= 15 is 0 Å². The molecule has 1 N–H and O–H groups in total. The monoisotopic (exact) mass is 440 g/mol. The van der Waals surface area contributed by atoms with E-state index in [9.17, 15) is 4.79 Å². The molecule has 1 saturated heterocycles. The summed E-state index contributed by atoms with van der Waals surface area (Å²) in [4.78, 5) is 15.0. The summed E-state index contributed by atoms with van der Waals surface area (Å²) in [6.07, 6.45) is 5.35. The number of ether oxygens (including phenoxy) is 1. The zero-order valence-corrected chi connectivity index (χ0v) is 18.6. The topological polar surface area (TPSA) is 41.6 Å². The van der Waals surface area contributed by atoms with Gasteiger partial charge in [-0.25, -0.2) is 0 Å². The Kier molecular flexibility index (Phi) is 6.82. The van der Waals surface area contributed by atoms with Gasteiger partial charge in [-0.1, -0.05) is 29.8 Å². The number of nitrogens with one attached hydrogen (secondary N) is 1. The fourth-order valence-corrected chi connectivity index (χ4v) is 4.70. The van der Waals surface area contributed by atoms with Gasteiger partial charge in [-0.05, 0) is 54.0 Å². The fraction of sp³-hybridized carbons (Fsp3) is 0.292. The highest BCUT2D eigenvalue weighted by molar-refractivity contribution is 7.99. The summed E-state index contributed by atoms with van der Waals surface area (Å²) in [5.74, 6) is 3.04. The van der Waals surface area contributed by atoms with E-state index in [1.807, 2.05) is 43.0 Å². The van der Waals surface area contributed by atoms with E-state index in [-0.39, 0.29) is 5.91 Å². The predicted molar refractivity (Wildman–Crippen MR) is 126 cm³/mol. The van der Waals surface area contributed by atoms with Gasteiger partial charge in [0.25, 0.3) is 0 Å². The minimum atomic E-state index is -0.151. The molecule has 2 aromatic carbocycles. The number of thioether (sulfide) groups is 1. The van der Waals surface area contributed by atoms with Gasteiger partial charge in [0.1, 0.15) is 12.4 Å². The third-order valence-electron chi connectivity index (χ3n) is 5.23. The van der Waals surface area contributed by atoms with Crippen LogP contribution in [0.2, 0.25) is 5.02 Å². The Bertz CT molecular complexity index is 997. The van der Waals surface area contributed by atoms with Crippen molar-refractivity contribution >= 4 is 41.0 Å². The van der Waals surface area contributed by atoms with Crippen LogP contribution in [0.3, 0.4) is 0 Å². The Morgan fingerprint density at radius 1 is 1.23 bits per heavy atom. The zero-order chi connectivity index (χ0) is 20.9.